The van der Waals surface area contributed by atoms with Gasteiger partial charge in [-0.25, -0.2) is 9.59 Å². The zero-order chi connectivity index (χ0) is 38.8. The summed E-state index contributed by atoms with van der Waals surface area (Å²) < 4.78 is 32.8. The van der Waals surface area contributed by atoms with Gasteiger partial charge in [0.15, 0.2) is 41.8 Å². The first-order chi connectivity index (χ1) is 25.3. The monoisotopic (exact) mass is 746 g/mol. The number of carboxylic acids is 1. The number of hydrogen-bond acceptors (Lipinski definition) is 16. The molecule has 6 atom stereocenters. The van der Waals surface area contributed by atoms with Crippen molar-refractivity contribution in [3.05, 3.63) is 65.2 Å². The summed E-state index contributed by atoms with van der Waals surface area (Å²) in [4.78, 5) is 29.0. The molecule has 53 heavy (non-hydrogen) atoms. The summed E-state index contributed by atoms with van der Waals surface area (Å²) in [5.74, 6) is -5.41. The van der Waals surface area contributed by atoms with E-state index in [9.17, 15) is 45.3 Å². The zero-order valence-electron chi connectivity index (χ0n) is 28.8. The van der Waals surface area contributed by atoms with Gasteiger partial charge in [0.2, 0.25) is 24.1 Å². The van der Waals surface area contributed by atoms with Gasteiger partial charge in [-0.1, -0.05) is 30.3 Å². The van der Waals surface area contributed by atoms with Gasteiger partial charge in [-0.15, -0.1) is 0 Å². The average Bonchev–Trinajstić information content (AvgIpc) is 3.14. The summed E-state index contributed by atoms with van der Waals surface area (Å²) in [5.41, 5.74) is 5.76. The molecule has 288 valence electrons. The molecule has 19 heteroatoms. The molecular weight excluding hydrogens is 704 g/mol. The quantitative estimate of drug-likeness (QED) is 0.0402. The number of carbonyl (C=O) groups is 2. The Balaban J connectivity index is 1.56. The molecule has 0 spiro atoms. The van der Waals surface area contributed by atoms with Crippen LogP contribution in [0.5, 0.6) is 34.5 Å². The van der Waals surface area contributed by atoms with Crippen molar-refractivity contribution in [2.24, 2.45) is 10.7 Å². The summed E-state index contributed by atoms with van der Waals surface area (Å²) >= 11 is 0. The van der Waals surface area contributed by atoms with Crippen molar-refractivity contribution in [1.29, 1.82) is 0 Å². The number of aliphatic hydroxyl groups is 4. The Labute approximate surface area is 302 Å². The van der Waals surface area contributed by atoms with E-state index >= 15 is 0 Å². The first-order valence-corrected chi connectivity index (χ1v) is 16.1. The molecule has 11 N–H and O–H groups in total. The maximum Gasteiger partial charge on any atom is 0.344 e. The van der Waals surface area contributed by atoms with E-state index in [1.807, 2.05) is 30.3 Å². The van der Waals surface area contributed by atoms with Crippen molar-refractivity contribution < 1.29 is 73.8 Å². The second-order valence-electron chi connectivity index (χ2n) is 11.3. The van der Waals surface area contributed by atoms with Crippen LogP contribution in [0.4, 0.5) is 5.69 Å². The second-order valence-corrected chi connectivity index (χ2v) is 11.3. The predicted molar refractivity (Wildman–Crippen MR) is 184 cm³/mol. The number of rotatable bonds is 16. The Bertz CT molecular complexity index is 1760. The van der Waals surface area contributed by atoms with E-state index in [2.05, 4.69) is 15.6 Å². The molecule has 1 heterocycles. The Morgan fingerprint density at radius 3 is 2.30 bits per heavy atom. The number of aliphatic imine (C=N–C) groups is 1. The van der Waals surface area contributed by atoms with E-state index in [-0.39, 0.29) is 47.8 Å². The number of phenolic OH excluding ortho intramolecular Hbond substituents is 2. The van der Waals surface area contributed by atoms with Crippen molar-refractivity contribution in [2.75, 3.05) is 39.4 Å². The Morgan fingerprint density at radius 2 is 1.66 bits per heavy atom. The summed E-state index contributed by atoms with van der Waals surface area (Å²) in [5, 5.41) is 79.9. The van der Waals surface area contributed by atoms with Crippen molar-refractivity contribution in [2.45, 2.75) is 50.3 Å². The van der Waals surface area contributed by atoms with Crippen LogP contribution in [0.25, 0.3) is 0 Å². The van der Waals surface area contributed by atoms with E-state index < -0.39 is 71.7 Å². The summed E-state index contributed by atoms with van der Waals surface area (Å²) in [7, 11) is 2.60. The predicted octanol–water partition coefficient (Wildman–Crippen LogP) is 0.0901. The smallest absolute Gasteiger partial charge is 0.344 e. The van der Waals surface area contributed by atoms with Crippen molar-refractivity contribution in [1.82, 2.24) is 5.32 Å². The van der Waals surface area contributed by atoms with Gasteiger partial charge in [0.25, 0.3) is 0 Å². The van der Waals surface area contributed by atoms with Crippen LogP contribution in [0.2, 0.25) is 0 Å². The van der Waals surface area contributed by atoms with Gasteiger partial charge in [-0.05, 0) is 12.5 Å². The maximum atomic E-state index is 13.3. The number of methoxy groups -OCH3 is 1. The molecule has 6 unspecified atom stereocenters. The molecule has 1 saturated heterocycles. The van der Waals surface area contributed by atoms with E-state index in [1.54, 1.807) is 6.92 Å². The van der Waals surface area contributed by atoms with Gasteiger partial charge in [-0.2, -0.15) is 0 Å². The van der Waals surface area contributed by atoms with Gasteiger partial charge >= 0.3 is 11.9 Å². The molecular formula is C34H42N4O15. The van der Waals surface area contributed by atoms with E-state index in [4.69, 9.17) is 34.2 Å². The number of aliphatic hydroxyl groups excluding tert-OH is 4. The highest BCUT2D eigenvalue weighted by molar-refractivity contribution is 5.96. The van der Waals surface area contributed by atoms with Crippen LogP contribution in [0.15, 0.2) is 53.5 Å². The number of nitrogens with one attached hydrogen (secondary N) is 2. The van der Waals surface area contributed by atoms with Gasteiger partial charge in [0.1, 0.15) is 23.9 Å². The number of nitrogens with zero attached hydrogens (tertiary/aromatic N) is 1. The van der Waals surface area contributed by atoms with Crippen LogP contribution in [-0.4, -0.2) is 125 Å². The summed E-state index contributed by atoms with van der Waals surface area (Å²) in [6, 6.07) is 12.4. The maximum absolute atomic E-state index is 13.3. The Hall–Kier alpha value is -5.73. The molecule has 1 aliphatic heterocycles. The minimum absolute atomic E-state index is 0.00408. The molecule has 0 amide bonds. The first-order valence-electron chi connectivity index (χ1n) is 16.1. The van der Waals surface area contributed by atoms with Crippen LogP contribution in [0.1, 0.15) is 33.2 Å². The lowest BCUT2D eigenvalue weighted by molar-refractivity contribution is -0.309. The number of anilines is 1. The molecule has 0 radical (unpaired) electrons. The number of aromatic carboxylic acids is 1. The van der Waals surface area contributed by atoms with E-state index in [0.717, 1.165) is 17.7 Å². The summed E-state index contributed by atoms with van der Waals surface area (Å²) in [6.07, 6.45) is -11.9. The number of carbonyl (C=O) groups excluding carboxylic acids is 1. The molecule has 3 aromatic carbocycles. The third-order valence-electron chi connectivity index (χ3n) is 7.88. The van der Waals surface area contributed by atoms with E-state index in [0.29, 0.717) is 13.0 Å². The highest BCUT2D eigenvalue weighted by Crippen LogP contribution is 2.46. The third kappa shape index (κ3) is 9.58. The number of aromatic hydroxyl groups is 2. The van der Waals surface area contributed by atoms with Crippen molar-refractivity contribution in [3.8, 4) is 34.5 Å². The molecule has 19 nitrogen and oxygen atoms in total. The van der Waals surface area contributed by atoms with Gasteiger partial charge in [0, 0.05) is 38.2 Å². The van der Waals surface area contributed by atoms with Gasteiger partial charge in [0.05, 0.1) is 25.0 Å². The number of hydrogen-bond donors (Lipinski definition) is 10. The molecule has 1 fully saturated rings. The van der Waals surface area contributed by atoms with E-state index in [1.165, 1.54) is 20.2 Å². The number of benzene rings is 3. The molecule has 0 bridgehead atoms. The lowest BCUT2D eigenvalue weighted by Gasteiger charge is -2.41. The highest BCUT2D eigenvalue weighted by atomic mass is 16.7. The number of guanidine groups is 1. The first kappa shape index (κ1) is 40.0. The molecule has 4 rings (SSSR count). The van der Waals surface area contributed by atoms with Crippen LogP contribution >= 0.6 is 0 Å². The number of ether oxygens (including phenoxy) is 6. The fourth-order valence-corrected chi connectivity index (χ4v) is 5.09. The Morgan fingerprint density at radius 1 is 0.962 bits per heavy atom. The number of carboxylic acid groups (broad SMARTS) is 1. The lowest BCUT2D eigenvalue weighted by atomic mass is 9.98. The molecule has 3 aromatic rings. The topological polar surface area (TPSA) is 294 Å². The molecule has 1 aliphatic rings. The fourth-order valence-electron chi connectivity index (χ4n) is 5.09. The van der Waals surface area contributed by atoms with Crippen LogP contribution in [0, 0.1) is 0 Å². The standard InChI is InChI=1S/C34H42N4O15/c1-4-37-19-14-21(20(12-17(19)30(44)45)50-15-38-34(35)36-2)51-33-27(43)25(41)26(42)29(52-33)32(47)53-31(46)18-13-22(48-3)24(40)28(23(18)39)49-11-10-16-8-6-5-7-9-16/h5-9,12-14,25-27,29,32-33,37,39-43,47H,4,10-11,15H2,1-3H3,(H,44,45)(H3,35,36,38). The summed E-state index contributed by atoms with van der Waals surface area (Å²) in [6.45, 7) is 1.65. The SMILES string of the molecule is CCNc1cc(OC2OC(C(O)OC(=O)c3cc(OC)c(O)c(OCCc4ccccc4)c3O)C(O)C(O)C2O)c(OCNC(N)=NC)cc1C(=O)O. The minimum Gasteiger partial charge on any atom is -0.504 e. The number of nitrogens with two attached hydrogens (primary N) is 1. The fraction of sp³-hybridized carbons (Fsp3) is 0.382. The third-order valence-corrected chi connectivity index (χ3v) is 7.88. The molecule has 0 saturated carbocycles. The highest BCUT2D eigenvalue weighted by Gasteiger charge is 2.49. The normalized spacial score (nSPS) is 20.5. The minimum atomic E-state index is -2.37. The van der Waals surface area contributed by atoms with Crippen LogP contribution in [-0.2, 0) is 15.9 Å². The van der Waals surface area contributed by atoms with Crippen LogP contribution in [0.3, 0.4) is 0 Å². The van der Waals surface area contributed by atoms with Crippen molar-refractivity contribution in [3.63, 3.8) is 0 Å². The Kier molecular flexibility index (Phi) is 13.7. The lowest BCUT2D eigenvalue weighted by Crippen LogP contribution is -2.62. The molecule has 0 aliphatic carbocycles. The number of esters is 1. The van der Waals surface area contributed by atoms with Crippen molar-refractivity contribution >= 4 is 23.6 Å². The largest absolute Gasteiger partial charge is 0.504 e. The van der Waals surface area contributed by atoms with Gasteiger partial charge in [-0.3, -0.25) is 4.99 Å². The average molecular weight is 747 g/mol. The van der Waals surface area contributed by atoms with Gasteiger partial charge < -0.3 is 80.5 Å². The van der Waals surface area contributed by atoms with Crippen LogP contribution < -0.4 is 35.3 Å². The number of phenols is 2. The molecule has 0 aromatic heterocycles. The zero-order valence-corrected chi connectivity index (χ0v) is 28.8. The second kappa shape index (κ2) is 18.2.